The monoisotopic (exact) mass is 391 g/mol. The zero-order valence-electron chi connectivity index (χ0n) is 13.6. The quantitative estimate of drug-likeness (QED) is 0.638. The predicted octanol–water partition coefficient (Wildman–Crippen LogP) is 4.25. The van der Waals surface area contributed by atoms with Crippen molar-refractivity contribution in [3.05, 3.63) is 80.9 Å². The number of nitrogens with one attached hydrogen (secondary N) is 1. The molecule has 3 aromatic rings. The van der Waals surface area contributed by atoms with E-state index < -0.39 is 5.91 Å². The molecule has 4 nitrogen and oxygen atoms in total. The summed E-state index contributed by atoms with van der Waals surface area (Å²) in [6, 6.07) is 12.4. The van der Waals surface area contributed by atoms with Gasteiger partial charge < -0.3 is 9.73 Å². The van der Waals surface area contributed by atoms with Crippen molar-refractivity contribution in [2.45, 2.75) is 5.75 Å². The lowest BCUT2D eigenvalue weighted by atomic mass is 10.2. The third-order valence-electron chi connectivity index (χ3n) is 3.66. The Kier molecular flexibility index (Phi) is 5.96. The van der Waals surface area contributed by atoms with Crippen molar-refractivity contribution in [2.24, 2.45) is 0 Å². The first-order chi connectivity index (χ1) is 12.5. The fraction of sp³-hybridized carbons (Fsp3) is 0.158. The van der Waals surface area contributed by atoms with Crippen LogP contribution in [0.25, 0.3) is 11.0 Å². The Balaban J connectivity index is 1.55. The van der Waals surface area contributed by atoms with Crippen LogP contribution in [0, 0.1) is 5.82 Å². The van der Waals surface area contributed by atoms with Crippen LogP contribution < -0.4 is 10.7 Å². The maximum absolute atomic E-state index is 13.5. The van der Waals surface area contributed by atoms with Gasteiger partial charge in [0.1, 0.15) is 11.4 Å². The summed E-state index contributed by atoms with van der Waals surface area (Å²) < 4.78 is 19.0. The van der Waals surface area contributed by atoms with Crippen LogP contribution >= 0.6 is 23.4 Å². The molecule has 0 bridgehead atoms. The number of halogens is 2. The highest BCUT2D eigenvalue weighted by Gasteiger charge is 2.12. The predicted molar refractivity (Wildman–Crippen MR) is 102 cm³/mol. The second kappa shape index (κ2) is 8.38. The lowest BCUT2D eigenvalue weighted by molar-refractivity contribution is 0.0929. The number of thioether (sulfide) groups is 1. The first-order valence-electron chi connectivity index (χ1n) is 7.87. The van der Waals surface area contributed by atoms with E-state index in [4.69, 9.17) is 16.0 Å². The number of benzene rings is 2. The van der Waals surface area contributed by atoms with Crippen molar-refractivity contribution in [2.75, 3.05) is 12.3 Å². The average Bonchev–Trinajstić information content (AvgIpc) is 2.63. The number of carbonyl (C=O) groups is 1. The Morgan fingerprint density at radius 1 is 1.19 bits per heavy atom. The first kappa shape index (κ1) is 18.5. The number of fused-ring (bicyclic) bond motifs is 1. The van der Waals surface area contributed by atoms with Gasteiger partial charge in [0.25, 0.3) is 5.91 Å². The molecule has 0 saturated carbocycles. The third kappa shape index (κ3) is 4.45. The smallest absolute Gasteiger partial charge is 0.287 e. The standard InChI is InChI=1S/C19H15ClFNO3S/c20-13-5-6-17-14(9-13)16(23)10-18(25-17)19(24)22-7-8-26-11-12-3-1-2-4-15(12)21/h1-6,9-10H,7-8,11H2,(H,22,24). The lowest BCUT2D eigenvalue weighted by Crippen LogP contribution is -2.26. The topological polar surface area (TPSA) is 59.3 Å². The lowest BCUT2D eigenvalue weighted by Gasteiger charge is -2.06. The summed E-state index contributed by atoms with van der Waals surface area (Å²) in [4.78, 5) is 24.2. The molecule has 1 N–H and O–H groups in total. The van der Waals surface area contributed by atoms with E-state index in [1.165, 1.54) is 23.9 Å². The maximum atomic E-state index is 13.5. The van der Waals surface area contributed by atoms with E-state index in [1.54, 1.807) is 30.3 Å². The summed E-state index contributed by atoms with van der Waals surface area (Å²) in [7, 11) is 0. The molecule has 2 aromatic carbocycles. The van der Waals surface area contributed by atoms with Gasteiger partial charge in [-0.1, -0.05) is 29.8 Å². The van der Waals surface area contributed by atoms with Crippen LogP contribution in [0.15, 0.2) is 57.7 Å². The minimum absolute atomic E-state index is 0.0519. The second-order valence-electron chi connectivity index (χ2n) is 5.52. The number of amides is 1. The van der Waals surface area contributed by atoms with Gasteiger partial charge in [-0.25, -0.2) is 4.39 Å². The molecular weight excluding hydrogens is 377 g/mol. The molecule has 0 spiro atoms. The highest BCUT2D eigenvalue weighted by Crippen LogP contribution is 2.18. The molecule has 0 aliphatic rings. The summed E-state index contributed by atoms with van der Waals surface area (Å²) in [6.45, 7) is 0.375. The Bertz CT molecular complexity index is 1010. The number of hydrogen-bond donors (Lipinski definition) is 1. The fourth-order valence-corrected chi connectivity index (χ4v) is 3.38. The normalized spacial score (nSPS) is 10.8. The van der Waals surface area contributed by atoms with E-state index in [0.717, 1.165) is 6.07 Å². The van der Waals surface area contributed by atoms with Crippen molar-refractivity contribution >= 4 is 40.2 Å². The average molecular weight is 392 g/mol. The van der Waals surface area contributed by atoms with Gasteiger partial charge in [-0.15, -0.1) is 0 Å². The van der Waals surface area contributed by atoms with E-state index in [2.05, 4.69) is 5.32 Å². The second-order valence-corrected chi connectivity index (χ2v) is 7.06. The molecule has 1 amide bonds. The molecule has 0 saturated heterocycles. The molecule has 0 fully saturated rings. The summed E-state index contributed by atoms with van der Waals surface area (Å²) in [6.07, 6.45) is 0. The minimum Gasteiger partial charge on any atom is -0.451 e. The van der Waals surface area contributed by atoms with Gasteiger partial charge in [-0.05, 0) is 29.8 Å². The summed E-state index contributed by atoms with van der Waals surface area (Å²) in [5, 5.41) is 3.44. The molecule has 1 aromatic heterocycles. The van der Waals surface area contributed by atoms with Gasteiger partial charge in [-0.3, -0.25) is 9.59 Å². The van der Waals surface area contributed by atoms with Crippen LogP contribution in [0.1, 0.15) is 16.1 Å². The largest absolute Gasteiger partial charge is 0.451 e. The zero-order chi connectivity index (χ0) is 18.5. The molecule has 26 heavy (non-hydrogen) atoms. The molecular formula is C19H15ClFNO3S. The SMILES string of the molecule is O=C(NCCSCc1ccccc1F)c1cc(=O)c2cc(Cl)ccc2o1. The van der Waals surface area contributed by atoms with Gasteiger partial charge in [-0.2, -0.15) is 11.8 Å². The van der Waals surface area contributed by atoms with Crippen LogP contribution in [0.3, 0.4) is 0 Å². The van der Waals surface area contributed by atoms with E-state index in [9.17, 15) is 14.0 Å². The zero-order valence-corrected chi connectivity index (χ0v) is 15.2. The fourth-order valence-electron chi connectivity index (χ4n) is 2.36. The van der Waals surface area contributed by atoms with Crippen LogP contribution in [-0.2, 0) is 5.75 Å². The molecule has 0 aliphatic heterocycles. The van der Waals surface area contributed by atoms with Gasteiger partial charge >= 0.3 is 0 Å². The first-order valence-corrected chi connectivity index (χ1v) is 9.40. The highest BCUT2D eigenvalue weighted by molar-refractivity contribution is 7.98. The van der Waals surface area contributed by atoms with Gasteiger partial charge in [0.2, 0.25) is 0 Å². The molecule has 0 unspecified atom stereocenters. The van der Waals surface area contributed by atoms with Gasteiger partial charge in [0, 0.05) is 29.1 Å². The van der Waals surface area contributed by atoms with Crippen molar-refractivity contribution in [3.8, 4) is 0 Å². The highest BCUT2D eigenvalue weighted by atomic mass is 35.5. The number of rotatable bonds is 6. The van der Waals surface area contributed by atoms with E-state index in [-0.39, 0.29) is 17.0 Å². The van der Waals surface area contributed by atoms with Crippen molar-refractivity contribution in [3.63, 3.8) is 0 Å². The Morgan fingerprint density at radius 2 is 2.00 bits per heavy atom. The van der Waals surface area contributed by atoms with E-state index >= 15 is 0 Å². The summed E-state index contributed by atoms with van der Waals surface area (Å²) >= 11 is 7.36. The minimum atomic E-state index is -0.467. The summed E-state index contributed by atoms with van der Waals surface area (Å²) in [5.41, 5.74) is 0.608. The van der Waals surface area contributed by atoms with Crippen LogP contribution in [0.5, 0.6) is 0 Å². The molecule has 0 aliphatic carbocycles. The Morgan fingerprint density at radius 3 is 2.81 bits per heavy atom. The van der Waals surface area contributed by atoms with Crippen LogP contribution in [0.2, 0.25) is 5.02 Å². The molecule has 0 radical (unpaired) electrons. The molecule has 0 atom stereocenters. The molecule has 7 heteroatoms. The Labute approximate surface area is 158 Å². The molecule has 3 rings (SSSR count). The third-order valence-corrected chi connectivity index (χ3v) is 4.90. The van der Waals surface area contributed by atoms with Crippen LogP contribution in [0.4, 0.5) is 4.39 Å². The van der Waals surface area contributed by atoms with Crippen molar-refractivity contribution in [1.29, 1.82) is 0 Å². The number of carbonyl (C=O) groups excluding carboxylic acids is 1. The van der Waals surface area contributed by atoms with Crippen molar-refractivity contribution in [1.82, 2.24) is 5.32 Å². The number of hydrogen-bond acceptors (Lipinski definition) is 4. The van der Waals surface area contributed by atoms with Crippen LogP contribution in [-0.4, -0.2) is 18.2 Å². The molecule has 134 valence electrons. The van der Waals surface area contributed by atoms with Gasteiger partial charge in [0.15, 0.2) is 11.2 Å². The van der Waals surface area contributed by atoms with E-state index in [0.29, 0.717) is 39.6 Å². The molecule has 1 heterocycles. The van der Waals surface area contributed by atoms with Crippen molar-refractivity contribution < 1.29 is 13.6 Å². The van der Waals surface area contributed by atoms with Gasteiger partial charge in [0.05, 0.1) is 5.39 Å². The van der Waals surface area contributed by atoms with E-state index in [1.807, 2.05) is 0 Å². The maximum Gasteiger partial charge on any atom is 0.287 e. The summed E-state index contributed by atoms with van der Waals surface area (Å²) in [5.74, 6) is 0.374. The Hall–Kier alpha value is -2.31.